The minimum atomic E-state index is -3.20. The Bertz CT molecular complexity index is 675. The van der Waals surface area contributed by atoms with Gasteiger partial charge in [-0.15, -0.1) is 0 Å². The third kappa shape index (κ3) is 3.19. The van der Waals surface area contributed by atoms with Crippen molar-refractivity contribution in [3.8, 4) is 0 Å². The lowest BCUT2D eigenvalue weighted by Crippen LogP contribution is -2.36. The first-order valence-corrected chi connectivity index (χ1v) is 9.97. The van der Waals surface area contributed by atoms with Crippen LogP contribution in [0, 0.1) is 5.92 Å². The molecule has 1 aliphatic heterocycles. The fourth-order valence-electron chi connectivity index (χ4n) is 3.63. The normalized spacial score (nSPS) is 19.2. The number of carbonyl (C=O) groups excluding carboxylic acids is 1. The lowest BCUT2D eigenvalue weighted by molar-refractivity contribution is -0.119. The Morgan fingerprint density at radius 1 is 1.23 bits per heavy atom. The van der Waals surface area contributed by atoms with Crippen molar-refractivity contribution < 1.29 is 13.2 Å². The van der Waals surface area contributed by atoms with Crippen LogP contribution in [0.3, 0.4) is 0 Å². The van der Waals surface area contributed by atoms with Crippen molar-refractivity contribution in [2.75, 3.05) is 17.7 Å². The Labute approximate surface area is 132 Å². The second kappa shape index (κ2) is 6.03. The Kier molecular flexibility index (Phi) is 4.26. The highest BCUT2D eigenvalue weighted by Gasteiger charge is 2.26. The summed E-state index contributed by atoms with van der Waals surface area (Å²) >= 11 is 0. The molecule has 1 heterocycles. The average molecular weight is 321 g/mol. The molecule has 1 aromatic rings. The number of rotatable bonds is 3. The molecule has 0 unspecified atom stereocenters. The summed E-state index contributed by atoms with van der Waals surface area (Å²) in [4.78, 5) is 14.8. The molecule has 0 bridgehead atoms. The molecule has 3 rings (SSSR count). The molecule has 120 valence electrons. The third-order valence-corrected chi connectivity index (χ3v) is 5.95. The van der Waals surface area contributed by atoms with Crippen molar-refractivity contribution >= 4 is 21.4 Å². The maximum Gasteiger partial charge on any atom is 0.227 e. The van der Waals surface area contributed by atoms with Crippen LogP contribution < -0.4 is 4.90 Å². The third-order valence-electron chi connectivity index (χ3n) is 4.84. The maximum atomic E-state index is 12.6. The van der Waals surface area contributed by atoms with E-state index in [9.17, 15) is 13.2 Å². The highest BCUT2D eigenvalue weighted by molar-refractivity contribution is 7.90. The summed E-state index contributed by atoms with van der Waals surface area (Å²) in [5.41, 5.74) is 1.88. The van der Waals surface area contributed by atoms with Gasteiger partial charge in [0.25, 0.3) is 0 Å². The number of aryl methyl sites for hydroxylation is 1. The Morgan fingerprint density at radius 2 is 1.95 bits per heavy atom. The standard InChI is InChI=1S/C17H23NO3S/c1-22(20,21)15-8-9-16-14(12-15)7-4-10-18(16)17(19)11-13-5-2-3-6-13/h8-9,12-13H,2-7,10-11H2,1H3. The lowest BCUT2D eigenvalue weighted by Gasteiger charge is -2.30. The van der Waals surface area contributed by atoms with Crippen molar-refractivity contribution in [2.45, 2.75) is 49.8 Å². The first kappa shape index (κ1) is 15.5. The molecule has 1 aromatic carbocycles. The molecular formula is C17H23NO3S. The smallest absolute Gasteiger partial charge is 0.227 e. The summed E-state index contributed by atoms with van der Waals surface area (Å²) in [5.74, 6) is 0.730. The van der Waals surface area contributed by atoms with Gasteiger partial charge in [0.15, 0.2) is 9.84 Å². The Hall–Kier alpha value is -1.36. The molecule has 4 nitrogen and oxygen atoms in total. The van der Waals surface area contributed by atoms with Crippen LogP contribution in [0.15, 0.2) is 23.1 Å². The van der Waals surface area contributed by atoms with Crippen LogP contribution in [0.2, 0.25) is 0 Å². The largest absolute Gasteiger partial charge is 0.312 e. The van der Waals surface area contributed by atoms with Gasteiger partial charge in [0, 0.05) is 24.9 Å². The van der Waals surface area contributed by atoms with Crippen molar-refractivity contribution in [1.29, 1.82) is 0 Å². The van der Waals surface area contributed by atoms with Crippen molar-refractivity contribution in [3.63, 3.8) is 0 Å². The molecule has 1 amide bonds. The minimum absolute atomic E-state index is 0.194. The summed E-state index contributed by atoms with van der Waals surface area (Å²) in [5, 5.41) is 0. The quantitative estimate of drug-likeness (QED) is 0.860. The number of fused-ring (bicyclic) bond motifs is 1. The van der Waals surface area contributed by atoms with Crippen LogP contribution >= 0.6 is 0 Å². The van der Waals surface area contributed by atoms with Gasteiger partial charge in [0.1, 0.15) is 0 Å². The van der Waals surface area contributed by atoms with Crippen molar-refractivity contribution in [1.82, 2.24) is 0 Å². The van der Waals surface area contributed by atoms with Gasteiger partial charge in [0.2, 0.25) is 5.91 Å². The summed E-state index contributed by atoms with van der Waals surface area (Å²) in [6.45, 7) is 0.747. The van der Waals surface area contributed by atoms with E-state index >= 15 is 0 Å². The van der Waals surface area contributed by atoms with E-state index in [0.29, 0.717) is 17.2 Å². The molecule has 0 spiro atoms. The van der Waals surface area contributed by atoms with E-state index in [1.807, 2.05) is 4.90 Å². The van der Waals surface area contributed by atoms with Gasteiger partial charge in [-0.25, -0.2) is 8.42 Å². The fraction of sp³-hybridized carbons (Fsp3) is 0.588. The van der Waals surface area contributed by atoms with E-state index in [2.05, 4.69) is 0 Å². The van der Waals surface area contributed by atoms with Crippen LogP contribution in [-0.2, 0) is 21.1 Å². The van der Waals surface area contributed by atoms with E-state index in [0.717, 1.165) is 30.6 Å². The number of nitrogens with zero attached hydrogens (tertiary/aromatic N) is 1. The van der Waals surface area contributed by atoms with E-state index in [1.54, 1.807) is 18.2 Å². The van der Waals surface area contributed by atoms with Crippen LogP contribution in [0.4, 0.5) is 5.69 Å². The molecule has 1 fully saturated rings. The highest BCUT2D eigenvalue weighted by Crippen LogP contribution is 2.33. The zero-order valence-corrected chi connectivity index (χ0v) is 13.9. The maximum absolute atomic E-state index is 12.6. The fourth-order valence-corrected chi connectivity index (χ4v) is 4.31. The number of sulfone groups is 1. The second-order valence-corrected chi connectivity index (χ2v) is 8.58. The van der Waals surface area contributed by atoms with Gasteiger partial charge in [-0.1, -0.05) is 12.8 Å². The van der Waals surface area contributed by atoms with Gasteiger partial charge in [-0.3, -0.25) is 4.79 Å². The van der Waals surface area contributed by atoms with Gasteiger partial charge < -0.3 is 4.90 Å². The zero-order valence-electron chi connectivity index (χ0n) is 13.0. The molecule has 2 aliphatic rings. The molecule has 5 heteroatoms. The van der Waals surface area contributed by atoms with E-state index in [-0.39, 0.29) is 5.91 Å². The Morgan fingerprint density at radius 3 is 2.64 bits per heavy atom. The summed E-state index contributed by atoms with van der Waals surface area (Å²) in [6.07, 6.45) is 8.41. The monoisotopic (exact) mass is 321 g/mol. The summed E-state index contributed by atoms with van der Waals surface area (Å²) in [7, 11) is -3.20. The topological polar surface area (TPSA) is 54.5 Å². The second-order valence-electron chi connectivity index (χ2n) is 6.57. The molecule has 0 saturated heterocycles. The molecule has 0 radical (unpaired) electrons. The van der Waals surface area contributed by atoms with Crippen molar-refractivity contribution in [2.24, 2.45) is 5.92 Å². The minimum Gasteiger partial charge on any atom is -0.312 e. The Balaban J connectivity index is 1.83. The molecule has 1 saturated carbocycles. The number of hydrogen-bond acceptors (Lipinski definition) is 3. The molecule has 22 heavy (non-hydrogen) atoms. The molecule has 0 N–H and O–H groups in total. The number of amides is 1. The van der Waals surface area contributed by atoms with Crippen LogP contribution in [0.5, 0.6) is 0 Å². The van der Waals surface area contributed by atoms with Gasteiger partial charge in [-0.2, -0.15) is 0 Å². The van der Waals surface area contributed by atoms with E-state index in [1.165, 1.54) is 31.9 Å². The summed E-state index contributed by atoms with van der Waals surface area (Å²) in [6, 6.07) is 5.16. The zero-order chi connectivity index (χ0) is 15.7. The number of anilines is 1. The number of carbonyl (C=O) groups is 1. The number of hydrogen-bond donors (Lipinski definition) is 0. The van der Waals surface area contributed by atoms with Crippen LogP contribution in [0.1, 0.15) is 44.1 Å². The predicted octanol–water partition coefficient (Wildman–Crippen LogP) is 2.95. The first-order valence-electron chi connectivity index (χ1n) is 8.08. The van der Waals surface area contributed by atoms with Gasteiger partial charge in [-0.05, 0) is 55.4 Å². The predicted molar refractivity (Wildman–Crippen MR) is 86.8 cm³/mol. The van der Waals surface area contributed by atoms with Crippen molar-refractivity contribution in [3.05, 3.63) is 23.8 Å². The van der Waals surface area contributed by atoms with E-state index in [4.69, 9.17) is 0 Å². The molecule has 0 atom stereocenters. The number of benzene rings is 1. The molecule has 0 aromatic heterocycles. The SMILES string of the molecule is CS(=O)(=O)c1ccc2c(c1)CCCN2C(=O)CC1CCCC1. The van der Waals surface area contributed by atoms with Crippen LogP contribution in [-0.4, -0.2) is 27.1 Å². The average Bonchev–Trinajstić information content (AvgIpc) is 2.98. The molecule has 1 aliphatic carbocycles. The first-order chi connectivity index (χ1) is 10.4. The van der Waals surface area contributed by atoms with E-state index < -0.39 is 9.84 Å². The lowest BCUT2D eigenvalue weighted by atomic mass is 9.99. The van der Waals surface area contributed by atoms with Gasteiger partial charge in [0.05, 0.1) is 4.90 Å². The molecular weight excluding hydrogens is 298 g/mol. The van der Waals surface area contributed by atoms with Crippen LogP contribution in [0.25, 0.3) is 0 Å². The van der Waals surface area contributed by atoms with Gasteiger partial charge >= 0.3 is 0 Å². The highest BCUT2D eigenvalue weighted by atomic mass is 32.2. The summed E-state index contributed by atoms with van der Waals surface area (Å²) < 4.78 is 23.4.